The Morgan fingerprint density at radius 2 is 1.96 bits per heavy atom. The monoisotopic (exact) mass is 448 g/mol. The number of rotatable bonds is 6. The third kappa shape index (κ3) is 6.60. The Kier molecular flexibility index (Phi) is 7.92. The van der Waals surface area contributed by atoms with E-state index in [1.165, 1.54) is 5.69 Å². The van der Waals surface area contributed by atoms with Crippen LogP contribution >= 0.6 is 15.9 Å². The summed E-state index contributed by atoms with van der Waals surface area (Å²) >= 11 is 3.51. The first-order valence-electron chi connectivity index (χ1n) is 9.17. The summed E-state index contributed by atoms with van der Waals surface area (Å²) in [6.45, 7) is 5.24. The van der Waals surface area contributed by atoms with E-state index in [-0.39, 0.29) is 12.1 Å². The molecule has 0 aliphatic carbocycles. The number of carbonyl (C=O) groups is 1. The first kappa shape index (κ1) is 21.8. The number of hydrogen-bond donors (Lipinski definition) is 3. The minimum atomic E-state index is -0.199. The van der Waals surface area contributed by atoms with E-state index in [9.17, 15) is 4.79 Å². The molecule has 2 rings (SSSR count). The molecule has 28 heavy (non-hydrogen) atoms. The predicted octanol–water partition coefficient (Wildman–Crippen LogP) is 3.52. The van der Waals surface area contributed by atoms with Gasteiger partial charge in [-0.05, 0) is 53.5 Å². The van der Waals surface area contributed by atoms with Crippen molar-refractivity contribution < 1.29 is 4.79 Å². The highest BCUT2D eigenvalue weighted by atomic mass is 79.9. The van der Waals surface area contributed by atoms with E-state index in [1.54, 1.807) is 7.05 Å². The fraction of sp³-hybridized carbons (Fsp3) is 0.400. The van der Waals surface area contributed by atoms with E-state index in [1.807, 2.05) is 58.4 Å². The molecular weight excluding hydrogens is 420 g/mol. The molecule has 2 amide bonds. The van der Waals surface area contributed by atoms with Gasteiger partial charge in [0.15, 0.2) is 5.96 Å². The molecule has 0 saturated heterocycles. The van der Waals surface area contributed by atoms with Crippen molar-refractivity contribution in [2.75, 3.05) is 19.4 Å². The minimum Gasteiger partial charge on any atom is -0.352 e. The van der Waals surface area contributed by atoms with Crippen molar-refractivity contribution in [3.63, 3.8) is 0 Å². The van der Waals surface area contributed by atoms with Gasteiger partial charge in [-0.25, -0.2) is 4.79 Å². The predicted molar refractivity (Wildman–Crippen MR) is 119 cm³/mol. The summed E-state index contributed by atoms with van der Waals surface area (Å²) in [4.78, 5) is 18.2. The molecule has 1 aromatic carbocycles. The zero-order valence-corrected chi connectivity index (χ0v) is 18.7. The van der Waals surface area contributed by atoms with Gasteiger partial charge < -0.3 is 25.4 Å². The summed E-state index contributed by atoms with van der Waals surface area (Å²) in [7, 11) is 5.82. The highest BCUT2D eigenvalue weighted by Crippen LogP contribution is 2.15. The third-order valence-electron chi connectivity index (χ3n) is 4.13. The molecule has 3 N–H and O–H groups in total. The molecule has 0 aliphatic heterocycles. The first-order chi connectivity index (χ1) is 13.3. The molecule has 0 fully saturated rings. The maximum Gasteiger partial charge on any atom is 0.319 e. The highest BCUT2D eigenvalue weighted by molar-refractivity contribution is 9.10. The summed E-state index contributed by atoms with van der Waals surface area (Å²) in [5, 5.41) is 9.00. The van der Waals surface area contributed by atoms with Crippen LogP contribution < -0.4 is 16.0 Å². The molecule has 1 heterocycles. The second-order valence-electron chi connectivity index (χ2n) is 6.97. The lowest BCUT2D eigenvalue weighted by atomic mass is 10.2. The van der Waals surface area contributed by atoms with Gasteiger partial charge in [-0.15, -0.1) is 0 Å². The number of nitrogens with one attached hydrogen (secondary N) is 3. The first-order valence-corrected chi connectivity index (χ1v) is 9.96. The van der Waals surface area contributed by atoms with Gasteiger partial charge in [0.1, 0.15) is 0 Å². The number of benzene rings is 1. The van der Waals surface area contributed by atoms with Crippen molar-refractivity contribution in [2.45, 2.75) is 33.0 Å². The fourth-order valence-corrected chi connectivity index (χ4v) is 3.31. The number of halogens is 1. The number of urea groups is 1. The van der Waals surface area contributed by atoms with E-state index in [4.69, 9.17) is 0 Å². The van der Waals surface area contributed by atoms with E-state index >= 15 is 0 Å². The lowest BCUT2D eigenvalue weighted by molar-refractivity contribution is 0.250. The number of nitrogens with zero attached hydrogens (tertiary/aromatic N) is 3. The van der Waals surface area contributed by atoms with Crippen LogP contribution in [-0.4, -0.2) is 41.6 Å². The topological polar surface area (TPSA) is 73.7 Å². The Labute approximate surface area is 175 Å². The molecule has 0 spiro atoms. The Bertz CT molecular complexity index is 813. The van der Waals surface area contributed by atoms with Crippen LogP contribution in [0.1, 0.15) is 25.1 Å². The van der Waals surface area contributed by atoms with Crippen LogP contribution in [0, 0.1) is 0 Å². The second kappa shape index (κ2) is 10.2. The zero-order chi connectivity index (χ0) is 20.7. The summed E-state index contributed by atoms with van der Waals surface area (Å²) in [5.74, 6) is 0.816. The summed E-state index contributed by atoms with van der Waals surface area (Å²) in [6, 6.07) is 9.76. The standard InChI is InChI=1S/C20H29BrN6O/c1-14(2)24-20(28)25-17-8-6-15(7-9-17)11-23-19(22-3)27(5)13-18-10-16(21)12-26(18)4/h6-10,12,14H,11,13H2,1-5H3,(H,22,23)(H2,24,25,28). The number of guanidine groups is 1. The molecule has 0 bridgehead atoms. The fourth-order valence-electron chi connectivity index (χ4n) is 2.74. The van der Waals surface area contributed by atoms with Crippen LogP contribution in [0.2, 0.25) is 0 Å². The van der Waals surface area contributed by atoms with Crippen molar-refractivity contribution in [1.29, 1.82) is 0 Å². The van der Waals surface area contributed by atoms with Gasteiger partial charge in [0.05, 0.1) is 6.54 Å². The maximum atomic E-state index is 11.8. The lowest BCUT2D eigenvalue weighted by Gasteiger charge is -2.22. The molecule has 1 aromatic heterocycles. The Hall–Kier alpha value is -2.48. The Morgan fingerprint density at radius 3 is 2.50 bits per heavy atom. The van der Waals surface area contributed by atoms with Gasteiger partial charge in [0.2, 0.25) is 0 Å². The Balaban J connectivity index is 1.89. The number of anilines is 1. The van der Waals surface area contributed by atoms with Crippen molar-refractivity contribution in [3.8, 4) is 0 Å². The average molecular weight is 449 g/mol. The molecular formula is C20H29BrN6O. The van der Waals surface area contributed by atoms with Crippen LogP contribution in [-0.2, 0) is 20.1 Å². The molecule has 0 aliphatic rings. The van der Waals surface area contributed by atoms with Gasteiger partial charge in [-0.3, -0.25) is 4.99 Å². The van der Waals surface area contributed by atoms with Gasteiger partial charge in [-0.1, -0.05) is 12.1 Å². The SMILES string of the molecule is CN=C(NCc1ccc(NC(=O)NC(C)C)cc1)N(C)Cc1cc(Br)cn1C. The van der Waals surface area contributed by atoms with Gasteiger partial charge in [0.25, 0.3) is 0 Å². The molecule has 2 aromatic rings. The van der Waals surface area contributed by atoms with Gasteiger partial charge in [-0.2, -0.15) is 0 Å². The Morgan fingerprint density at radius 1 is 1.29 bits per heavy atom. The average Bonchev–Trinajstić information content (AvgIpc) is 2.93. The third-order valence-corrected chi connectivity index (χ3v) is 4.56. The van der Waals surface area contributed by atoms with Gasteiger partial charge >= 0.3 is 6.03 Å². The van der Waals surface area contributed by atoms with Crippen LogP contribution in [0.15, 0.2) is 46.0 Å². The van der Waals surface area contributed by atoms with Crippen LogP contribution in [0.4, 0.5) is 10.5 Å². The summed E-state index contributed by atoms with van der Waals surface area (Å²) in [5.41, 5.74) is 3.05. The quantitative estimate of drug-likeness (QED) is 0.467. The molecule has 0 unspecified atom stereocenters. The highest BCUT2D eigenvalue weighted by Gasteiger charge is 2.10. The lowest BCUT2D eigenvalue weighted by Crippen LogP contribution is -2.38. The molecule has 0 saturated carbocycles. The molecule has 7 nitrogen and oxygen atoms in total. The van der Waals surface area contributed by atoms with Crippen LogP contribution in [0.3, 0.4) is 0 Å². The molecule has 152 valence electrons. The normalized spacial score (nSPS) is 11.5. The largest absolute Gasteiger partial charge is 0.352 e. The summed E-state index contributed by atoms with van der Waals surface area (Å²) < 4.78 is 3.16. The smallest absolute Gasteiger partial charge is 0.319 e. The van der Waals surface area contributed by atoms with Crippen LogP contribution in [0.5, 0.6) is 0 Å². The van der Waals surface area contributed by atoms with E-state index in [0.717, 1.165) is 28.2 Å². The van der Waals surface area contributed by atoms with Crippen molar-refractivity contribution in [1.82, 2.24) is 20.1 Å². The van der Waals surface area contributed by atoms with Crippen molar-refractivity contribution in [2.24, 2.45) is 12.0 Å². The number of hydrogen-bond acceptors (Lipinski definition) is 2. The molecule has 8 heteroatoms. The zero-order valence-electron chi connectivity index (χ0n) is 17.1. The number of aromatic nitrogens is 1. The maximum absolute atomic E-state index is 11.8. The van der Waals surface area contributed by atoms with E-state index < -0.39 is 0 Å². The van der Waals surface area contributed by atoms with Crippen molar-refractivity contribution >= 4 is 33.6 Å². The minimum absolute atomic E-state index is 0.101. The summed E-state index contributed by atoms with van der Waals surface area (Å²) in [6.07, 6.45) is 2.04. The number of amides is 2. The van der Waals surface area contributed by atoms with Crippen molar-refractivity contribution in [3.05, 3.63) is 52.3 Å². The molecule has 0 atom stereocenters. The van der Waals surface area contributed by atoms with Crippen LogP contribution in [0.25, 0.3) is 0 Å². The molecule has 0 radical (unpaired) electrons. The number of carbonyl (C=O) groups excluding carboxylic acids is 1. The number of aryl methyl sites for hydroxylation is 1. The van der Waals surface area contributed by atoms with Gasteiger partial charge in [0, 0.05) is 55.8 Å². The number of aliphatic imine (C=N–C) groups is 1. The second-order valence-corrected chi connectivity index (χ2v) is 7.88. The van der Waals surface area contributed by atoms with E-state index in [2.05, 4.69) is 52.4 Å². The van der Waals surface area contributed by atoms with E-state index in [0.29, 0.717) is 6.54 Å².